The van der Waals surface area contributed by atoms with Crippen molar-refractivity contribution in [3.63, 3.8) is 0 Å². The fourth-order valence-corrected chi connectivity index (χ4v) is 3.42. The van der Waals surface area contributed by atoms with Gasteiger partial charge in [0.1, 0.15) is 18.0 Å². The van der Waals surface area contributed by atoms with Crippen molar-refractivity contribution in [2.75, 3.05) is 29.9 Å². The largest absolute Gasteiger partial charge is 0.394 e. The highest BCUT2D eigenvalue weighted by Gasteiger charge is 2.25. The maximum Gasteiger partial charge on any atom is 0.228 e. The van der Waals surface area contributed by atoms with Gasteiger partial charge >= 0.3 is 0 Å². The second kappa shape index (κ2) is 8.53. The highest BCUT2D eigenvalue weighted by molar-refractivity contribution is 6.30. The van der Waals surface area contributed by atoms with E-state index in [-0.39, 0.29) is 12.6 Å². The molecule has 0 saturated carbocycles. The molecule has 0 amide bonds. The van der Waals surface area contributed by atoms with Crippen LogP contribution in [0.25, 0.3) is 11.4 Å². The van der Waals surface area contributed by atoms with Crippen molar-refractivity contribution in [1.82, 2.24) is 20.1 Å². The second-order valence-electron chi connectivity index (χ2n) is 6.63. The van der Waals surface area contributed by atoms with Crippen LogP contribution in [0, 0.1) is 0 Å². The van der Waals surface area contributed by atoms with E-state index in [2.05, 4.69) is 30.3 Å². The number of aliphatic hydroxyl groups excluding tert-OH is 1. The van der Waals surface area contributed by atoms with Gasteiger partial charge in [-0.15, -0.1) is 0 Å². The van der Waals surface area contributed by atoms with Gasteiger partial charge in [0, 0.05) is 36.2 Å². The number of anilines is 2. The molecule has 0 bridgehead atoms. The van der Waals surface area contributed by atoms with Crippen LogP contribution >= 0.6 is 11.6 Å². The first-order chi connectivity index (χ1) is 13.7. The fraction of sp³-hybridized carbons (Fsp3) is 0.368. The molecule has 0 spiro atoms. The first kappa shape index (κ1) is 18.6. The van der Waals surface area contributed by atoms with Crippen LogP contribution in [0.5, 0.6) is 0 Å². The number of hydrogen-bond acceptors (Lipinski definition) is 8. The summed E-state index contributed by atoms with van der Waals surface area (Å²) < 4.78 is 5.32. The van der Waals surface area contributed by atoms with Crippen molar-refractivity contribution in [2.24, 2.45) is 0 Å². The zero-order chi connectivity index (χ0) is 19.3. The van der Waals surface area contributed by atoms with Crippen LogP contribution in [0.2, 0.25) is 5.02 Å². The van der Waals surface area contributed by atoms with Crippen molar-refractivity contribution in [1.29, 1.82) is 0 Å². The van der Waals surface area contributed by atoms with Gasteiger partial charge in [-0.1, -0.05) is 16.8 Å². The van der Waals surface area contributed by atoms with Crippen molar-refractivity contribution in [3.05, 3.63) is 47.6 Å². The average molecular weight is 401 g/mol. The van der Waals surface area contributed by atoms with E-state index in [1.54, 1.807) is 12.1 Å². The highest BCUT2D eigenvalue weighted by Crippen LogP contribution is 2.24. The average Bonchev–Trinajstić information content (AvgIpc) is 3.38. The zero-order valence-corrected chi connectivity index (χ0v) is 16.0. The monoisotopic (exact) mass is 400 g/mol. The molecule has 9 heteroatoms. The first-order valence-corrected chi connectivity index (χ1v) is 9.62. The molecule has 1 unspecified atom stereocenters. The van der Waals surface area contributed by atoms with Crippen LogP contribution in [0.4, 0.5) is 11.6 Å². The van der Waals surface area contributed by atoms with E-state index in [0.717, 1.165) is 36.6 Å². The van der Waals surface area contributed by atoms with E-state index < -0.39 is 0 Å². The Bertz CT molecular complexity index is 917. The molecule has 3 heterocycles. The summed E-state index contributed by atoms with van der Waals surface area (Å²) in [5.41, 5.74) is 0.858. The molecular weight excluding hydrogens is 380 g/mol. The smallest absolute Gasteiger partial charge is 0.228 e. The predicted molar refractivity (Wildman–Crippen MR) is 106 cm³/mol. The van der Waals surface area contributed by atoms with Crippen LogP contribution in [-0.4, -0.2) is 51.0 Å². The Kier molecular flexibility index (Phi) is 5.68. The fourth-order valence-electron chi connectivity index (χ4n) is 3.30. The minimum Gasteiger partial charge on any atom is -0.394 e. The Morgan fingerprint density at radius 1 is 1.25 bits per heavy atom. The molecule has 3 aromatic rings. The summed E-state index contributed by atoms with van der Waals surface area (Å²) in [5, 5.41) is 17.4. The Hall–Kier alpha value is -2.71. The van der Waals surface area contributed by atoms with Crippen LogP contribution in [-0.2, 0) is 6.42 Å². The van der Waals surface area contributed by atoms with Crippen molar-refractivity contribution < 1.29 is 9.63 Å². The third-order valence-electron chi connectivity index (χ3n) is 4.75. The molecule has 0 aliphatic carbocycles. The number of nitrogens with zero attached hydrogens (tertiary/aromatic N) is 5. The van der Waals surface area contributed by atoms with Gasteiger partial charge in [0.25, 0.3) is 0 Å². The molecule has 1 aromatic carbocycles. The number of hydrogen-bond donors (Lipinski definition) is 2. The number of nitrogens with one attached hydrogen (secondary N) is 1. The van der Waals surface area contributed by atoms with E-state index in [0.29, 0.717) is 29.7 Å². The molecule has 28 heavy (non-hydrogen) atoms. The Labute approximate surface area is 167 Å². The molecule has 2 N–H and O–H groups in total. The molecule has 1 atom stereocenters. The van der Waals surface area contributed by atoms with E-state index >= 15 is 0 Å². The maximum absolute atomic E-state index is 9.50. The standard InChI is InChI=1S/C19H21ClN6O2/c20-14-5-3-13(4-6-14)19-24-18(28-25-19)7-8-21-16-10-17(23-12-22-16)26-9-1-2-15(26)11-27/h3-6,10,12,15,27H,1-2,7-9,11H2,(H,21,22,23). The third kappa shape index (κ3) is 4.23. The summed E-state index contributed by atoms with van der Waals surface area (Å²) in [5.74, 6) is 2.65. The van der Waals surface area contributed by atoms with Crippen LogP contribution < -0.4 is 10.2 Å². The van der Waals surface area contributed by atoms with E-state index in [1.807, 2.05) is 18.2 Å². The summed E-state index contributed by atoms with van der Waals surface area (Å²) >= 11 is 5.90. The van der Waals surface area contributed by atoms with Gasteiger partial charge in [0.05, 0.1) is 12.6 Å². The molecular formula is C19H21ClN6O2. The SMILES string of the molecule is OCC1CCCN1c1cc(NCCc2nc(-c3ccc(Cl)cc3)no2)ncn1. The number of aromatic nitrogens is 4. The first-order valence-electron chi connectivity index (χ1n) is 9.25. The van der Waals surface area contributed by atoms with Crippen LogP contribution in [0.3, 0.4) is 0 Å². The van der Waals surface area contributed by atoms with Crippen molar-refractivity contribution in [3.8, 4) is 11.4 Å². The van der Waals surface area contributed by atoms with Crippen molar-refractivity contribution >= 4 is 23.2 Å². The molecule has 8 nitrogen and oxygen atoms in total. The van der Waals surface area contributed by atoms with E-state index in [1.165, 1.54) is 6.33 Å². The minimum atomic E-state index is 0.132. The van der Waals surface area contributed by atoms with E-state index in [9.17, 15) is 5.11 Å². The molecule has 1 saturated heterocycles. The minimum absolute atomic E-state index is 0.132. The highest BCUT2D eigenvalue weighted by atomic mass is 35.5. The lowest BCUT2D eigenvalue weighted by Gasteiger charge is -2.24. The van der Waals surface area contributed by atoms with Gasteiger partial charge in [-0.2, -0.15) is 4.98 Å². The maximum atomic E-state index is 9.50. The van der Waals surface area contributed by atoms with Gasteiger partial charge in [-0.05, 0) is 37.1 Å². The number of halogens is 1. The normalized spacial score (nSPS) is 16.5. The predicted octanol–water partition coefficient (Wildman–Crippen LogP) is 2.80. The topological polar surface area (TPSA) is 100 Å². The molecule has 4 rings (SSSR count). The van der Waals surface area contributed by atoms with Crippen molar-refractivity contribution in [2.45, 2.75) is 25.3 Å². The van der Waals surface area contributed by atoms with Gasteiger partial charge in [-0.25, -0.2) is 9.97 Å². The number of aliphatic hydroxyl groups is 1. The zero-order valence-electron chi connectivity index (χ0n) is 15.3. The summed E-state index contributed by atoms with van der Waals surface area (Å²) in [4.78, 5) is 15.1. The lowest BCUT2D eigenvalue weighted by molar-refractivity contribution is 0.266. The molecule has 1 fully saturated rings. The molecule has 146 valence electrons. The van der Waals surface area contributed by atoms with Gasteiger partial charge in [0.2, 0.25) is 11.7 Å². The second-order valence-corrected chi connectivity index (χ2v) is 7.07. The van der Waals surface area contributed by atoms with Gasteiger partial charge in [-0.3, -0.25) is 0 Å². The Balaban J connectivity index is 1.34. The molecule has 1 aliphatic heterocycles. The summed E-state index contributed by atoms with van der Waals surface area (Å²) in [6.07, 6.45) is 4.15. The lowest BCUT2D eigenvalue weighted by atomic mass is 10.2. The van der Waals surface area contributed by atoms with Crippen LogP contribution in [0.15, 0.2) is 41.2 Å². The van der Waals surface area contributed by atoms with E-state index in [4.69, 9.17) is 16.1 Å². The molecule has 1 aliphatic rings. The lowest BCUT2D eigenvalue weighted by Crippen LogP contribution is -2.32. The Morgan fingerprint density at radius 2 is 2.11 bits per heavy atom. The quantitative estimate of drug-likeness (QED) is 0.624. The summed E-state index contributed by atoms with van der Waals surface area (Å²) in [6.45, 7) is 1.64. The third-order valence-corrected chi connectivity index (χ3v) is 5.00. The van der Waals surface area contributed by atoms with Gasteiger partial charge < -0.3 is 19.8 Å². The summed E-state index contributed by atoms with van der Waals surface area (Å²) in [7, 11) is 0. The summed E-state index contributed by atoms with van der Waals surface area (Å²) in [6, 6.07) is 9.34. The van der Waals surface area contributed by atoms with Crippen LogP contribution in [0.1, 0.15) is 18.7 Å². The number of rotatable bonds is 7. The molecule has 2 aromatic heterocycles. The Morgan fingerprint density at radius 3 is 2.93 bits per heavy atom. The molecule has 0 radical (unpaired) electrons. The number of benzene rings is 1. The van der Waals surface area contributed by atoms with Gasteiger partial charge in [0.15, 0.2) is 0 Å².